The third kappa shape index (κ3) is 2.56. The van der Waals surface area contributed by atoms with Crippen molar-refractivity contribution in [3.8, 4) is 5.69 Å². The third-order valence-corrected chi connectivity index (χ3v) is 5.49. The molecule has 0 saturated heterocycles. The predicted molar refractivity (Wildman–Crippen MR) is 111 cm³/mol. The molecule has 3 heterocycles. The summed E-state index contributed by atoms with van der Waals surface area (Å²) >= 11 is 12.2. The van der Waals surface area contributed by atoms with E-state index in [9.17, 15) is 14.0 Å². The molecule has 0 spiro atoms. The Bertz CT molecular complexity index is 1400. The number of amides is 2. The van der Waals surface area contributed by atoms with E-state index in [1.807, 2.05) is 0 Å². The Morgan fingerprint density at radius 1 is 1.00 bits per heavy atom. The Morgan fingerprint density at radius 3 is 2.50 bits per heavy atom. The van der Waals surface area contributed by atoms with Crippen LogP contribution in [0.1, 0.15) is 26.4 Å². The van der Waals surface area contributed by atoms with E-state index in [1.54, 1.807) is 31.2 Å². The minimum Gasteiger partial charge on any atom is -0.268 e. The van der Waals surface area contributed by atoms with E-state index in [2.05, 4.69) is 10.1 Å². The van der Waals surface area contributed by atoms with Crippen molar-refractivity contribution in [3.63, 3.8) is 0 Å². The number of halogens is 3. The monoisotopic (exact) mass is 440 g/mol. The number of hydrogen-bond acceptors (Lipinski definition) is 4. The quantitative estimate of drug-likeness (QED) is 0.412. The number of carbonyl (C=O) groups is 2. The molecule has 6 nitrogen and oxygen atoms in total. The molecule has 2 amide bonds. The van der Waals surface area contributed by atoms with Crippen LogP contribution in [0.5, 0.6) is 0 Å². The fourth-order valence-electron chi connectivity index (χ4n) is 3.63. The number of rotatable bonds is 2. The summed E-state index contributed by atoms with van der Waals surface area (Å²) in [5, 5.41) is 5.31. The number of hydrogen-bond donors (Lipinski definition) is 0. The molecule has 4 aromatic rings. The van der Waals surface area contributed by atoms with Gasteiger partial charge in [-0.3, -0.25) is 9.59 Å². The lowest BCUT2D eigenvalue weighted by atomic mass is 10.1. The Kier molecular flexibility index (Phi) is 4.13. The van der Waals surface area contributed by atoms with Gasteiger partial charge in [-0.1, -0.05) is 35.3 Å². The van der Waals surface area contributed by atoms with Gasteiger partial charge in [0.05, 0.1) is 32.9 Å². The molecule has 2 aromatic carbocycles. The van der Waals surface area contributed by atoms with Gasteiger partial charge in [0.25, 0.3) is 11.8 Å². The van der Waals surface area contributed by atoms with Crippen molar-refractivity contribution >= 4 is 51.7 Å². The summed E-state index contributed by atoms with van der Waals surface area (Å²) in [4.78, 5) is 31.6. The Hall–Kier alpha value is -3.29. The summed E-state index contributed by atoms with van der Waals surface area (Å²) in [6, 6.07) is 10.6. The van der Waals surface area contributed by atoms with Crippen LogP contribution in [0.3, 0.4) is 0 Å². The zero-order valence-corrected chi connectivity index (χ0v) is 16.9. The lowest BCUT2D eigenvalue weighted by molar-refractivity contribution is 0.0926. The molecule has 1 aliphatic heterocycles. The van der Waals surface area contributed by atoms with Crippen molar-refractivity contribution in [3.05, 3.63) is 81.3 Å². The minimum absolute atomic E-state index is 0.134. The zero-order valence-electron chi connectivity index (χ0n) is 15.4. The molecule has 0 aliphatic carbocycles. The Labute approximate surface area is 179 Å². The van der Waals surface area contributed by atoms with Gasteiger partial charge in [0.1, 0.15) is 11.5 Å². The first-order valence-electron chi connectivity index (χ1n) is 8.85. The van der Waals surface area contributed by atoms with Crippen LogP contribution in [0.25, 0.3) is 16.7 Å². The Balaban J connectivity index is 1.74. The van der Waals surface area contributed by atoms with E-state index in [0.717, 1.165) is 4.90 Å². The lowest BCUT2D eigenvalue weighted by Gasteiger charge is -2.15. The highest BCUT2D eigenvalue weighted by atomic mass is 35.5. The average molecular weight is 441 g/mol. The fourth-order valence-corrected chi connectivity index (χ4v) is 4.13. The van der Waals surface area contributed by atoms with Crippen LogP contribution in [0.15, 0.2) is 48.7 Å². The zero-order chi connectivity index (χ0) is 21.2. The van der Waals surface area contributed by atoms with Gasteiger partial charge in [0, 0.05) is 11.2 Å². The smallest absolute Gasteiger partial charge is 0.267 e. The van der Waals surface area contributed by atoms with Gasteiger partial charge in [-0.25, -0.2) is 19.0 Å². The highest BCUT2D eigenvalue weighted by Gasteiger charge is 2.40. The average Bonchev–Trinajstić information content (AvgIpc) is 3.17. The Morgan fingerprint density at radius 2 is 1.77 bits per heavy atom. The van der Waals surface area contributed by atoms with Crippen LogP contribution >= 0.6 is 23.2 Å². The number of fused-ring (bicyclic) bond motifs is 3. The van der Waals surface area contributed by atoms with Crippen molar-refractivity contribution in [2.45, 2.75) is 6.92 Å². The second kappa shape index (κ2) is 6.62. The molecule has 1 aliphatic rings. The van der Waals surface area contributed by atoms with Crippen LogP contribution in [0.2, 0.25) is 10.0 Å². The molecule has 0 fully saturated rings. The molecule has 2 aromatic heterocycles. The van der Waals surface area contributed by atoms with Crippen LogP contribution in [-0.2, 0) is 0 Å². The van der Waals surface area contributed by atoms with Crippen LogP contribution in [0.4, 0.5) is 10.1 Å². The molecular weight excluding hydrogens is 430 g/mol. The van der Waals surface area contributed by atoms with Gasteiger partial charge in [-0.2, -0.15) is 5.10 Å². The first kappa shape index (κ1) is 18.7. The molecule has 0 saturated carbocycles. The number of carbonyl (C=O) groups excluding carboxylic acids is 2. The van der Waals surface area contributed by atoms with Crippen molar-refractivity contribution in [2.24, 2.45) is 0 Å². The number of anilines is 1. The molecule has 0 unspecified atom stereocenters. The second-order valence-corrected chi connectivity index (χ2v) is 7.58. The molecule has 5 rings (SSSR count). The number of imide groups is 1. The van der Waals surface area contributed by atoms with Gasteiger partial charge in [0.15, 0.2) is 5.65 Å². The van der Waals surface area contributed by atoms with E-state index >= 15 is 0 Å². The summed E-state index contributed by atoms with van der Waals surface area (Å²) in [5.74, 6) is -1.59. The molecular formula is C21H11Cl2FN4O2. The fraction of sp³-hybridized carbons (Fsp3) is 0.0476. The van der Waals surface area contributed by atoms with Crippen LogP contribution in [-0.4, -0.2) is 26.6 Å². The van der Waals surface area contributed by atoms with E-state index in [4.69, 9.17) is 23.2 Å². The standard InChI is InChI=1S/C21H11Cl2FN4O2/c1-10-17-18-12(9-25-19(17)28(26-10)16-5-3-2-4-14(16)24)20(29)27(21(18)30)15-7-6-11(22)8-13(15)23/h2-9H,1H3. The summed E-state index contributed by atoms with van der Waals surface area (Å²) < 4.78 is 15.7. The summed E-state index contributed by atoms with van der Waals surface area (Å²) in [5.41, 5.74) is 1.44. The van der Waals surface area contributed by atoms with Gasteiger partial charge in [-0.05, 0) is 37.3 Å². The molecule has 0 N–H and O–H groups in total. The lowest BCUT2D eigenvalue weighted by Crippen LogP contribution is -2.29. The van der Waals surface area contributed by atoms with Crippen molar-refractivity contribution < 1.29 is 14.0 Å². The van der Waals surface area contributed by atoms with Gasteiger partial charge in [-0.15, -0.1) is 0 Å². The van der Waals surface area contributed by atoms with Crippen LogP contribution in [0, 0.1) is 12.7 Å². The van der Waals surface area contributed by atoms with E-state index in [0.29, 0.717) is 16.1 Å². The molecule has 9 heteroatoms. The van der Waals surface area contributed by atoms with Gasteiger partial charge < -0.3 is 0 Å². The third-order valence-electron chi connectivity index (χ3n) is 4.95. The molecule has 148 valence electrons. The first-order chi connectivity index (χ1) is 14.4. The molecule has 0 bridgehead atoms. The normalized spacial score (nSPS) is 13.4. The summed E-state index contributed by atoms with van der Waals surface area (Å²) in [6.45, 7) is 1.68. The minimum atomic E-state index is -0.553. The van der Waals surface area contributed by atoms with E-state index in [1.165, 1.54) is 29.1 Å². The van der Waals surface area contributed by atoms with Crippen LogP contribution < -0.4 is 4.90 Å². The first-order valence-corrected chi connectivity index (χ1v) is 9.61. The van der Waals surface area contributed by atoms with E-state index in [-0.39, 0.29) is 33.2 Å². The van der Waals surface area contributed by atoms with Crippen molar-refractivity contribution in [2.75, 3.05) is 4.90 Å². The van der Waals surface area contributed by atoms with Gasteiger partial charge in [0.2, 0.25) is 0 Å². The van der Waals surface area contributed by atoms with Gasteiger partial charge >= 0.3 is 0 Å². The number of nitrogens with zero attached hydrogens (tertiary/aromatic N) is 4. The molecule has 0 atom stereocenters. The SMILES string of the molecule is Cc1nn(-c2ccccc2F)c2ncc3c(c12)C(=O)N(c1ccc(Cl)cc1Cl)C3=O. The maximum Gasteiger partial charge on any atom is 0.267 e. The number of benzene rings is 2. The second-order valence-electron chi connectivity index (χ2n) is 6.74. The molecule has 0 radical (unpaired) electrons. The van der Waals surface area contributed by atoms with Crippen molar-refractivity contribution in [1.82, 2.24) is 14.8 Å². The number of para-hydroxylation sites is 1. The highest BCUT2D eigenvalue weighted by Crippen LogP contribution is 2.38. The number of aryl methyl sites for hydroxylation is 1. The summed E-state index contributed by atoms with van der Waals surface area (Å²) in [7, 11) is 0. The van der Waals surface area contributed by atoms with E-state index < -0.39 is 17.6 Å². The summed E-state index contributed by atoms with van der Waals surface area (Å²) in [6.07, 6.45) is 1.31. The molecule has 30 heavy (non-hydrogen) atoms. The largest absolute Gasteiger partial charge is 0.268 e. The maximum atomic E-state index is 14.3. The van der Waals surface area contributed by atoms with Crippen molar-refractivity contribution in [1.29, 1.82) is 0 Å². The predicted octanol–water partition coefficient (Wildman–Crippen LogP) is 4.98. The maximum absolute atomic E-state index is 14.3. The number of pyridine rings is 1. The topological polar surface area (TPSA) is 68.1 Å². The number of aromatic nitrogens is 3. The highest BCUT2D eigenvalue weighted by molar-refractivity contribution is 6.42.